The number of hydrogen-bond donors (Lipinski definition) is 0. The first kappa shape index (κ1) is 21.9. The predicted octanol–water partition coefficient (Wildman–Crippen LogP) is 3.54. The number of amides is 3. The summed E-state index contributed by atoms with van der Waals surface area (Å²) in [5, 5.41) is 0. The molecule has 0 spiro atoms. The third-order valence-corrected chi connectivity index (χ3v) is 6.15. The minimum Gasteiger partial charge on any atom is -0.493 e. The minimum absolute atomic E-state index is 0.158. The molecule has 2 aliphatic rings. The van der Waals surface area contributed by atoms with Crippen molar-refractivity contribution in [3.63, 3.8) is 0 Å². The molecule has 2 aromatic carbocycles. The second-order valence-electron chi connectivity index (χ2n) is 8.66. The lowest BCUT2D eigenvalue weighted by Crippen LogP contribution is -2.36. The van der Waals surface area contributed by atoms with Crippen LogP contribution in [0.1, 0.15) is 62.5 Å². The molecule has 0 aromatic heterocycles. The molecular weight excluding hydrogens is 408 g/mol. The molecule has 7 nitrogen and oxygen atoms in total. The van der Waals surface area contributed by atoms with Gasteiger partial charge >= 0.3 is 0 Å². The maximum atomic E-state index is 13.2. The Bertz CT molecular complexity index is 1090. The average molecular weight is 437 g/mol. The van der Waals surface area contributed by atoms with E-state index >= 15 is 0 Å². The van der Waals surface area contributed by atoms with Gasteiger partial charge in [0.1, 0.15) is 0 Å². The Kier molecular flexibility index (Phi) is 5.91. The smallest absolute Gasteiger partial charge is 0.261 e. The molecule has 4 rings (SSSR count). The highest BCUT2D eigenvalue weighted by Gasteiger charge is 2.36. The van der Waals surface area contributed by atoms with Crippen LogP contribution in [0.4, 0.5) is 0 Å². The van der Waals surface area contributed by atoms with Gasteiger partial charge in [-0.05, 0) is 60.2 Å². The fourth-order valence-electron chi connectivity index (χ4n) is 4.25. The second-order valence-corrected chi connectivity index (χ2v) is 8.66. The van der Waals surface area contributed by atoms with Crippen molar-refractivity contribution in [3.8, 4) is 11.5 Å². The van der Waals surface area contributed by atoms with Crippen molar-refractivity contribution in [2.45, 2.75) is 33.2 Å². The van der Waals surface area contributed by atoms with E-state index in [1.807, 2.05) is 12.1 Å². The van der Waals surface area contributed by atoms with Crippen LogP contribution in [-0.4, -0.2) is 54.8 Å². The van der Waals surface area contributed by atoms with Crippen molar-refractivity contribution >= 4 is 17.7 Å². The van der Waals surface area contributed by atoms with E-state index in [9.17, 15) is 14.4 Å². The van der Waals surface area contributed by atoms with Gasteiger partial charge in [0.05, 0.1) is 25.3 Å². The fourth-order valence-corrected chi connectivity index (χ4v) is 4.25. The number of benzene rings is 2. The summed E-state index contributed by atoms with van der Waals surface area (Å²) in [6.07, 6.45) is 1.45. The Labute approximate surface area is 187 Å². The van der Waals surface area contributed by atoms with Crippen molar-refractivity contribution < 1.29 is 23.9 Å². The number of imide groups is 1. The van der Waals surface area contributed by atoms with Gasteiger partial charge in [-0.3, -0.25) is 19.3 Å². The van der Waals surface area contributed by atoms with Crippen molar-refractivity contribution in [3.05, 3.63) is 58.1 Å². The number of methoxy groups -OCH3 is 2. The van der Waals surface area contributed by atoms with E-state index in [1.54, 1.807) is 37.3 Å². The molecule has 32 heavy (non-hydrogen) atoms. The Morgan fingerprint density at radius 3 is 2.28 bits per heavy atom. The number of nitrogens with zero attached hydrogens (tertiary/aromatic N) is 2. The molecule has 0 unspecified atom stereocenters. The van der Waals surface area contributed by atoms with Crippen LogP contribution in [0.2, 0.25) is 0 Å². The van der Waals surface area contributed by atoms with Gasteiger partial charge in [0.2, 0.25) is 0 Å². The molecule has 0 saturated heterocycles. The van der Waals surface area contributed by atoms with Gasteiger partial charge in [-0.25, -0.2) is 0 Å². The molecule has 168 valence electrons. The Morgan fingerprint density at radius 2 is 1.62 bits per heavy atom. The van der Waals surface area contributed by atoms with Gasteiger partial charge in [-0.1, -0.05) is 13.8 Å². The van der Waals surface area contributed by atoms with Gasteiger partial charge in [0.25, 0.3) is 17.7 Å². The van der Waals surface area contributed by atoms with E-state index in [1.165, 1.54) is 4.90 Å². The average Bonchev–Trinajstić information content (AvgIpc) is 3.04. The Hall–Kier alpha value is -3.35. The zero-order chi connectivity index (χ0) is 23.0. The summed E-state index contributed by atoms with van der Waals surface area (Å²) in [6, 6.07) is 8.68. The molecule has 0 fully saturated rings. The summed E-state index contributed by atoms with van der Waals surface area (Å²) in [6.45, 7) is 5.50. The van der Waals surface area contributed by atoms with Crippen molar-refractivity contribution in [2.24, 2.45) is 5.92 Å². The Morgan fingerprint density at radius 1 is 0.969 bits per heavy atom. The summed E-state index contributed by atoms with van der Waals surface area (Å²) in [5.74, 6) is 0.934. The number of rotatable bonds is 6. The predicted molar refractivity (Wildman–Crippen MR) is 119 cm³/mol. The van der Waals surface area contributed by atoms with Gasteiger partial charge in [0, 0.05) is 25.2 Å². The number of fused-ring (bicyclic) bond motifs is 2. The number of ether oxygens (including phenoxy) is 2. The number of carbonyl (C=O) groups excluding carboxylic acids is 3. The number of carbonyl (C=O) groups is 3. The third-order valence-electron chi connectivity index (χ3n) is 6.15. The summed E-state index contributed by atoms with van der Waals surface area (Å²) in [5.41, 5.74) is 3.24. The van der Waals surface area contributed by atoms with Crippen molar-refractivity contribution in [1.82, 2.24) is 9.80 Å². The molecule has 0 aliphatic carbocycles. The van der Waals surface area contributed by atoms with E-state index in [-0.39, 0.29) is 17.7 Å². The summed E-state index contributed by atoms with van der Waals surface area (Å²) in [4.78, 5) is 41.7. The largest absolute Gasteiger partial charge is 0.493 e. The zero-order valence-electron chi connectivity index (χ0n) is 18.9. The second kappa shape index (κ2) is 8.65. The first-order valence-electron chi connectivity index (χ1n) is 10.9. The normalized spacial score (nSPS) is 15.2. The topological polar surface area (TPSA) is 76.2 Å². The van der Waals surface area contributed by atoms with Gasteiger partial charge < -0.3 is 14.4 Å². The SMILES string of the molecule is COc1cc2c(cc1OC)CN(C(=O)c1ccc3c(c1)C(=O)N(CCC(C)C)C3=O)CC2. The molecule has 0 N–H and O–H groups in total. The number of hydrogen-bond acceptors (Lipinski definition) is 5. The molecule has 0 saturated carbocycles. The maximum Gasteiger partial charge on any atom is 0.261 e. The van der Waals surface area contributed by atoms with Crippen LogP contribution in [-0.2, 0) is 13.0 Å². The maximum absolute atomic E-state index is 13.2. The van der Waals surface area contributed by atoms with Crippen LogP contribution in [0.15, 0.2) is 30.3 Å². The van der Waals surface area contributed by atoms with Crippen LogP contribution in [0.5, 0.6) is 11.5 Å². The zero-order valence-corrected chi connectivity index (χ0v) is 18.9. The molecule has 0 atom stereocenters. The van der Waals surface area contributed by atoms with Gasteiger partial charge in [0.15, 0.2) is 11.5 Å². The highest BCUT2D eigenvalue weighted by atomic mass is 16.5. The molecule has 2 aliphatic heterocycles. The fraction of sp³-hybridized carbons (Fsp3) is 0.400. The summed E-state index contributed by atoms with van der Waals surface area (Å²) in [7, 11) is 3.19. The van der Waals surface area contributed by atoms with Crippen LogP contribution in [0.25, 0.3) is 0 Å². The lowest BCUT2D eigenvalue weighted by molar-refractivity contribution is 0.0647. The standard InChI is InChI=1S/C25H28N2O5/c1-15(2)7-10-27-24(29)19-6-5-17(11-20(19)25(27)30)23(28)26-9-8-16-12-21(31-3)22(32-4)13-18(16)14-26/h5-6,11-13,15H,7-10,14H2,1-4H3. The summed E-state index contributed by atoms with van der Waals surface area (Å²) >= 11 is 0. The van der Waals surface area contributed by atoms with Crippen LogP contribution < -0.4 is 9.47 Å². The van der Waals surface area contributed by atoms with Crippen LogP contribution in [0, 0.1) is 5.92 Å². The van der Waals surface area contributed by atoms with Gasteiger partial charge in [-0.15, -0.1) is 0 Å². The minimum atomic E-state index is -0.318. The molecule has 2 heterocycles. The highest BCUT2D eigenvalue weighted by Crippen LogP contribution is 2.34. The molecule has 0 bridgehead atoms. The monoisotopic (exact) mass is 436 g/mol. The van der Waals surface area contributed by atoms with E-state index in [0.29, 0.717) is 60.2 Å². The van der Waals surface area contributed by atoms with E-state index < -0.39 is 0 Å². The van der Waals surface area contributed by atoms with Crippen LogP contribution >= 0.6 is 0 Å². The van der Waals surface area contributed by atoms with Crippen LogP contribution in [0.3, 0.4) is 0 Å². The quantitative estimate of drug-likeness (QED) is 0.648. The van der Waals surface area contributed by atoms with Crippen molar-refractivity contribution in [2.75, 3.05) is 27.3 Å². The van der Waals surface area contributed by atoms with E-state index in [2.05, 4.69) is 13.8 Å². The lowest BCUT2D eigenvalue weighted by atomic mass is 9.97. The molecule has 7 heteroatoms. The van der Waals surface area contributed by atoms with Crippen molar-refractivity contribution in [1.29, 1.82) is 0 Å². The highest BCUT2D eigenvalue weighted by molar-refractivity contribution is 6.22. The van der Waals surface area contributed by atoms with Gasteiger partial charge in [-0.2, -0.15) is 0 Å². The summed E-state index contributed by atoms with van der Waals surface area (Å²) < 4.78 is 10.8. The molecule has 3 amide bonds. The molecular formula is C25H28N2O5. The first-order valence-corrected chi connectivity index (χ1v) is 10.9. The lowest BCUT2D eigenvalue weighted by Gasteiger charge is -2.29. The third kappa shape index (κ3) is 3.83. The first-order chi connectivity index (χ1) is 15.3. The molecule has 2 aromatic rings. The van der Waals surface area contributed by atoms with E-state index in [0.717, 1.165) is 17.5 Å². The van der Waals surface area contributed by atoms with E-state index in [4.69, 9.17) is 9.47 Å². The molecule has 0 radical (unpaired) electrons. The Balaban J connectivity index is 1.55.